The molecule has 3 rings (SSSR count). The highest BCUT2D eigenvalue weighted by Gasteiger charge is 2.52. The summed E-state index contributed by atoms with van der Waals surface area (Å²) in [5, 5.41) is 6.05. The first-order valence-electron chi connectivity index (χ1n) is 9.99. The number of hydrogen-bond donors (Lipinski definition) is 0. The van der Waals surface area contributed by atoms with E-state index in [0.29, 0.717) is 5.56 Å². The molecule has 0 bridgehead atoms. The van der Waals surface area contributed by atoms with Gasteiger partial charge in [0.15, 0.2) is 6.29 Å². The molecule has 1 aliphatic carbocycles. The summed E-state index contributed by atoms with van der Waals surface area (Å²) in [7, 11) is 3.71. The molecule has 0 N–H and O–H groups in total. The molecule has 156 valence electrons. The number of ether oxygens (including phenoxy) is 1. The number of hydrogen-bond acceptors (Lipinski definition) is 5. The number of allylic oxidation sites excluding steroid dienone is 1. The highest BCUT2D eigenvalue weighted by molar-refractivity contribution is 5.97. The summed E-state index contributed by atoms with van der Waals surface area (Å²) in [6.45, 7) is 9.10. The van der Waals surface area contributed by atoms with Gasteiger partial charge in [0.25, 0.3) is 0 Å². The molecule has 29 heavy (non-hydrogen) atoms. The zero-order chi connectivity index (χ0) is 21.4. The maximum absolute atomic E-state index is 12.2. The molecule has 0 atom stereocenters. The van der Waals surface area contributed by atoms with Crippen molar-refractivity contribution in [3.8, 4) is 0 Å². The van der Waals surface area contributed by atoms with Crippen LogP contribution in [0.15, 0.2) is 22.8 Å². The Morgan fingerprint density at radius 3 is 2.41 bits per heavy atom. The Morgan fingerprint density at radius 1 is 1.21 bits per heavy atom. The van der Waals surface area contributed by atoms with Crippen molar-refractivity contribution < 1.29 is 14.3 Å². The lowest BCUT2D eigenvalue weighted by atomic mass is 9.60. The minimum absolute atomic E-state index is 0.193. The van der Waals surface area contributed by atoms with Crippen LogP contribution in [0.1, 0.15) is 60.7 Å². The summed E-state index contributed by atoms with van der Waals surface area (Å²) in [6.07, 6.45) is 6.55. The number of rotatable bonds is 4. The van der Waals surface area contributed by atoms with Crippen molar-refractivity contribution in [1.29, 1.82) is 0 Å². The van der Waals surface area contributed by atoms with E-state index in [1.165, 1.54) is 5.57 Å². The van der Waals surface area contributed by atoms with Gasteiger partial charge in [0.2, 0.25) is 0 Å². The van der Waals surface area contributed by atoms with Crippen LogP contribution in [0.25, 0.3) is 6.08 Å². The summed E-state index contributed by atoms with van der Waals surface area (Å²) in [6, 6.07) is 4.02. The third-order valence-corrected chi connectivity index (χ3v) is 5.34. The van der Waals surface area contributed by atoms with Crippen LogP contribution < -0.4 is 0 Å². The molecule has 2 fully saturated rings. The quantitative estimate of drug-likeness (QED) is 0.436. The first-order chi connectivity index (χ1) is 13.5. The van der Waals surface area contributed by atoms with Gasteiger partial charge >= 0.3 is 6.09 Å². The lowest BCUT2D eigenvalue weighted by molar-refractivity contribution is -0.0498. The van der Waals surface area contributed by atoms with Gasteiger partial charge in [-0.3, -0.25) is 4.79 Å². The maximum atomic E-state index is 12.2. The molecular formula is C23H31N3O3. The van der Waals surface area contributed by atoms with Crippen LogP contribution in [0.4, 0.5) is 4.79 Å². The van der Waals surface area contributed by atoms with E-state index in [4.69, 9.17) is 4.74 Å². The van der Waals surface area contributed by atoms with Gasteiger partial charge in [-0.2, -0.15) is 5.10 Å². The highest BCUT2D eigenvalue weighted by atomic mass is 16.6. The molecule has 6 heteroatoms. The monoisotopic (exact) mass is 397 g/mol. The van der Waals surface area contributed by atoms with Crippen LogP contribution in [0.3, 0.4) is 0 Å². The van der Waals surface area contributed by atoms with Crippen LogP contribution in [0.2, 0.25) is 0 Å². The van der Waals surface area contributed by atoms with E-state index in [1.54, 1.807) is 16.1 Å². The predicted molar refractivity (Wildman–Crippen MR) is 115 cm³/mol. The molecule has 1 heterocycles. The van der Waals surface area contributed by atoms with Gasteiger partial charge in [0.05, 0.1) is 6.21 Å². The smallest absolute Gasteiger partial charge is 0.410 e. The predicted octanol–water partition coefficient (Wildman–Crippen LogP) is 4.12. The minimum atomic E-state index is -0.462. The van der Waals surface area contributed by atoms with E-state index in [-0.39, 0.29) is 11.5 Å². The third kappa shape index (κ3) is 4.69. The number of nitrogens with zero attached hydrogens (tertiary/aromatic N) is 3. The number of carbonyl (C=O) groups is 2. The minimum Gasteiger partial charge on any atom is -0.444 e. The first kappa shape index (κ1) is 21.1. The van der Waals surface area contributed by atoms with Gasteiger partial charge in [0, 0.05) is 43.7 Å². The fraction of sp³-hybridized carbons (Fsp3) is 0.522. The first-order valence-corrected chi connectivity index (χ1v) is 9.99. The van der Waals surface area contributed by atoms with Crippen molar-refractivity contribution >= 4 is 24.7 Å². The van der Waals surface area contributed by atoms with E-state index in [9.17, 15) is 9.59 Å². The number of benzene rings is 1. The second kappa shape index (κ2) is 7.65. The number of amides is 1. The number of hydrazone groups is 1. The zero-order valence-electron chi connectivity index (χ0n) is 18.3. The molecule has 2 aliphatic rings. The lowest BCUT2D eigenvalue weighted by Crippen LogP contribution is -2.62. The molecule has 1 aromatic carbocycles. The van der Waals surface area contributed by atoms with E-state index in [2.05, 4.69) is 11.2 Å². The molecule has 1 saturated carbocycles. The molecule has 1 spiro atoms. The van der Waals surface area contributed by atoms with Crippen molar-refractivity contribution in [3.63, 3.8) is 0 Å². The van der Waals surface area contributed by atoms with Crippen molar-refractivity contribution in [2.24, 2.45) is 10.5 Å². The molecule has 1 aromatic rings. The lowest BCUT2D eigenvalue weighted by Gasteiger charge is -2.56. The SMILES string of the molecule is Cc1ccc(C=C2CC3(C2)CN(C(=O)OC(C)(C)C)C3)c(/C=N\N(C)C)c1C=O. The summed E-state index contributed by atoms with van der Waals surface area (Å²) in [5.74, 6) is 0. The fourth-order valence-electron chi connectivity index (χ4n) is 4.04. The second-order valence-electron chi connectivity index (χ2n) is 9.50. The van der Waals surface area contributed by atoms with Crippen LogP contribution in [-0.2, 0) is 4.74 Å². The van der Waals surface area contributed by atoms with Gasteiger partial charge in [-0.25, -0.2) is 4.79 Å². The normalized spacial score (nSPS) is 17.7. The summed E-state index contributed by atoms with van der Waals surface area (Å²) < 4.78 is 5.45. The number of aldehydes is 1. The van der Waals surface area contributed by atoms with E-state index >= 15 is 0 Å². The van der Waals surface area contributed by atoms with Crippen LogP contribution in [0, 0.1) is 12.3 Å². The molecule has 6 nitrogen and oxygen atoms in total. The van der Waals surface area contributed by atoms with Crippen LogP contribution >= 0.6 is 0 Å². The van der Waals surface area contributed by atoms with Crippen LogP contribution in [-0.4, -0.2) is 61.3 Å². The Hall–Kier alpha value is -2.63. The maximum Gasteiger partial charge on any atom is 0.410 e. The van der Waals surface area contributed by atoms with Crippen molar-refractivity contribution in [2.45, 2.75) is 46.1 Å². The highest BCUT2D eigenvalue weighted by Crippen LogP contribution is 2.52. The average molecular weight is 398 g/mol. The van der Waals surface area contributed by atoms with Crippen molar-refractivity contribution in [2.75, 3.05) is 27.2 Å². The Bertz CT molecular complexity index is 862. The largest absolute Gasteiger partial charge is 0.444 e. The molecule has 1 saturated heterocycles. The fourth-order valence-corrected chi connectivity index (χ4v) is 4.04. The number of aryl methyl sites for hydroxylation is 1. The van der Waals surface area contributed by atoms with Crippen molar-refractivity contribution in [3.05, 3.63) is 40.0 Å². The van der Waals surface area contributed by atoms with E-state index < -0.39 is 5.60 Å². The van der Waals surface area contributed by atoms with Crippen LogP contribution in [0.5, 0.6) is 0 Å². The van der Waals surface area contributed by atoms with Crippen molar-refractivity contribution in [1.82, 2.24) is 9.91 Å². The summed E-state index contributed by atoms with van der Waals surface area (Å²) in [4.78, 5) is 25.6. The molecule has 1 amide bonds. The number of carbonyl (C=O) groups excluding carboxylic acids is 2. The zero-order valence-corrected chi connectivity index (χ0v) is 18.3. The Kier molecular flexibility index (Phi) is 5.57. The van der Waals surface area contributed by atoms with Gasteiger partial charge in [0.1, 0.15) is 5.60 Å². The van der Waals surface area contributed by atoms with E-state index in [0.717, 1.165) is 48.9 Å². The average Bonchev–Trinajstić information content (AvgIpc) is 2.53. The third-order valence-electron chi connectivity index (χ3n) is 5.34. The molecule has 1 aliphatic heterocycles. The van der Waals surface area contributed by atoms with Gasteiger partial charge < -0.3 is 14.6 Å². The summed E-state index contributed by atoms with van der Waals surface area (Å²) >= 11 is 0. The second-order valence-corrected chi connectivity index (χ2v) is 9.50. The topological polar surface area (TPSA) is 62.2 Å². The molecule has 0 radical (unpaired) electrons. The Morgan fingerprint density at radius 2 is 1.86 bits per heavy atom. The Labute approximate surface area is 173 Å². The summed E-state index contributed by atoms with van der Waals surface area (Å²) in [5.41, 5.74) is 4.56. The van der Waals surface area contributed by atoms with Gasteiger partial charge in [-0.1, -0.05) is 23.8 Å². The number of likely N-dealkylation sites (tertiary alicyclic amines) is 1. The molecule has 0 unspecified atom stereocenters. The van der Waals surface area contributed by atoms with Gasteiger partial charge in [-0.15, -0.1) is 0 Å². The molecule has 0 aromatic heterocycles. The van der Waals surface area contributed by atoms with E-state index in [1.807, 2.05) is 53.9 Å². The molecular weight excluding hydrogens is 366 g/mol. The Balaban J connectivity index is 1.70. The van der Waals surface area contributed by atoms with Gasteiger partial charge in [-0.05, 0) is 51.7 Å². The standard InChI is InChI=1S/C23H31N3O3/c1-16-7-8-18(19(20(16)13-27)12-24-25(5)6)9-17-10-23(11-17)14-26(15-23)21(28)29-22(2,3)4/h7-9,12-13H,10-11,14-15H2,1-6H3/b24-12-.